The summed E-state index contributed by atoms with van der Waals surface area (Å²) in [5, 5.41) is 0. The van der Waals surface area contributed by atoms with Gasteiger partial charge in [-0.05, 0) is 26.4 Å². The van der Waals surface area contributed by atoms with Crippen molar-refractivity contribution in [2.24, 2.45) is 5.73 Å². The Balaban J connectivity index is 0. The van der Waals surface area contributed by atoms with Gasteiger partial charge >= 0.3 is 0 Å². The van der Waals surface area contributed by atoms with Crippen molar-refractivity contribution < 1.29 is 4.79 Å². The highest BCUT2D eigenvalue weighted by atomic mass is 16.1. The van der Waals surface area contributed by atoms with Crippen LogP contribution in [0.4, 0.5) is 0 Å². The summed E-state index contributed by atoms with van der Waals surface area (Å²) in [6.07, 6.45) is 2.04. The first kappa shape index (κ1) is 14.9. The highest BCUT2D eigenvalue weighted by molar-refractivity contribution is 5.80. The van der Waals surface area contributed by atoms with E-state index in [-0.39, 0.29) is 11.9 Å². The van der Waals surface area contributed by atoms with Crippen LogP contribution in [0.25, 0.3) is 0 Å². The van der Waals surface area contributed by atoms with E-state index in [1.807, 2.05) is 39.6 Å². The highest BCUT2D eigenvalue weighted by Crippen LogP contribution is 2.13. The van der Waals surface area contributed by atoms with Crippen LogP contribution in [-0.4, -0.2) is 30.4 Å². The fraction of sp³-hybridized carbons (Fsp3) is 0.900. The number of carbonyl (C=O) groups is 1. The molecule has 0 radical (unpaired) electrons. The average molecular weight is 188 g/mol. The van der Waals surface area contributed by atoms with Crippen molar-refractivity contribution in [3.05, 3.63) is 0 Å². The number of nitrogens with two attached hydrogens (primary N) is 1. The number of hydrogen-bond donors (Lipinski definition) is 1. The van der Waals surface area contributed by atoms with Gasteiger partial charge in [-0.15, -0.1) is 0 Å². The van der Waals surface area contributed by atoms with Gasteiger partial charge in [-0.25, -0.2) is 0 Å². The smallest absolute Gasteiger partial charge is 0.234 e. The lowest BCUT2D eigenvalue weighted by molar-refractivity contribution is -0.121. The molecule has 0 spiro atoms. The first-order chi connectivity index (χ1) is 6.22. The largest absolute Gasteiger partial charge is 0.368 e. The molecule has 0 aromatic rings. The molecule has 0 bridgehead atoms. The number of carbonyl (C=O) groups excluding carboxylic acids is 1. The molecule has 1 amide bonds. The SMILES string of the molecule is CC.CC.CN1CCC[C@H]1C(N)=O. The molecule has 2 N–H and O–H groups in total. The second-order valence-corrected chi connectivity index (χ2v) is 2.54. The van der Waals surface area contributed by atoms with Crippen LogP contribution in [0, 0.1) is 0 Å². The van der Waals surface area contributed by atoms with Crippen LogP contribution < -0.4 is 5.73 Å². The molecule has 1 rings (SSSR count). The quantitative estimate of drug-likeness (QED) is 0.679. The van der Waals surface area contributed by atoms with Gasteiger partial charge in [0.15, 0.2) is 0 Å². The molecule has 0 unspecified atom stereocenters. The Morgan fingerprint density at radius 2 is 1.77 bits per heavy atom. The zero-order chi connectivity index (χ0) is 10.9. The van der Waals surface area contributed by atoms with E-state index in [1.54, 1.807) is 0 Å². The fourth-order valence-electron chi connectivity index (χ4n) is 1.27. The molecule has 0 aromatic carbocycles. The summed E-state index contributed by atoms with van der Waals surface area (Å²) in [4.78, 5) is 12.6. The fourth-order valence-corrected chi connectivity index (χ4v) is 1.27. The van der Waals surface area contributed by atoms with Crippen molar-refractivity contribution in [1.82, 2.24) is 4.90 Å². The Labute approximate surface area is 82.3 Å². The van der Waals surface area contributed by atoms with Crippen LogP contribution >= 0.6 is 0 Å². The highest BCUT2D eigenvalue weighted by Gasteiger charge is 2.24. The van der Waals surface area contributed by atoms with E-state index in [2.05, 4.69) is 0 Å². The molecule has 80 valence electrons. The van der Waals surface area contributed by atoms with Gasteiger partial charge in [0.1, 0.15) is 0 Å². The predicted octanol–water partition coefficient (Wildman–Crippen LogP) is 1.62. The molecule has 3 nitrogen and oxygen atoms in total. The number of hydrogen-bond acceptors (Lipinski definition) is 2. The van der Waals surface area contributed by atoms with Crippen molar-refractivity contribution >= 4 is 5.91 Å². The van der Waals surface area contributed by atoms with Crippen LogP contribution in [0.3, 0.4) is 0 Å². The second-order valence-electron chi connectivity index (χ2n) is 2.54. The number of amides is 1. The number of primary amides is 1. The molecule has 1 saturated heterocycles. The third kappa shape index (κ3) is 5.64. The molecule has 1 atom stereocenters. The maximum absolute atomic E-state index is 10.6. The van der Waals surface area contributed by atoms with Gasteiger partial charge in [-0.2, -0.15) is 0 Å². The van der Waals surface area contributed by atoms with Crippen LogP contribution in [0.2, 0.25) is 0 Å². The minimum absolute atomic E-state index is 0.00463. The molecule has 0 saturated carbocycles. The van der Waals surface area contributed by atoms with Gasteiger partial charge in [-0.1, -0.05) is 27.7 Å². The topological polar surface area (TPSA) is 46.3 Å². The molecule has 0 aliphatic carbocycles. The number of likely N-dealkylation sites (N-methyl/N-ethyl adjacent to an activating group) is 1. The Hall–Kier alpha value is -0.570. The molecule has 13 heavy (non-hydrogen) atoms. The van der Waals surface area contributed by atoms with Crippen LogP contribution in [0.5, 0.6) is 0 Å². The molecular weight excluding hydrogens is 164 g/mol. The van der Waals surface area contributed by atoms with Crippen molar-refractivity contribution in [1.29, 1.82) is 0 Å². The second kappa shape index (κ2) is 9.52. The number of likely N-dealkylation sites (tertiary alicyclic amines) is 1. The summed E-state index contributed by atoms with van der Waals surface area (Å²) >= 11 is 0. The molecule has 3 heteroatoms. The van der Waals surface area contributed by atoms with E-state index < -0.39 is 0 Å². The lowest BCUT2D eigenvalue weighted by atomic mass is 10.2. The zero-order valence-corrected chi connectivity index (χ0v) is 9.63. The summed E-state index contributed by atoms with van der Waals surface area (Å²) in [5.41, 5.74) is 5.11. The van der Waals surface area contributed by atoms with E-state index in [1.165, 1.54) is 0 Å². The standard InChI is InChI=1S/C6H12N2O.2C2H6/c1-8-4-2-3-5(8)6(7)9;2*1-2/h5H,2-4H2,1H3,(H2,7,9);2*1-2H3/t5-;;/m0../s1. The van der Waals surface area contributed by atoms with Gasteiger partial charge in [0.2, 0.25) is 5.91 Å². The van der Waals surface area contributed by atoms with Gasteiger partial charge < -0.3 is 5.73 Å². The van der Waals surface area contributed by atoms with Gasteiger partial charge in [0, 0.05) is 0 Å². The third-order valence-corrected chi connectivity index (χ3v) is 1.85. The number of nitrogens with zero attached hydrogens (tertiary/aromatic N) is 1. The monoisotopic (exact) mass is 188 g/mol. The maximum atomic E-state index is 10.6. The first-order valence-electron chi connectivity index (χ1n) is 5.21. The van der Waals surface area contributed by atoms with E-state index in [0.717, 1.165) is 19.4 Å². The minimum Gasteiger partial charge on any atom is -0.368 e. The molecule has 1 heterocycles. The first-order valence-corrected chi connectivity index (χ1v) is 5.21. The van der Waals surface area contributed by atoms with Crippen LogP contribution in [0.1, 0.15) is 40.5 Å². The summed E-state index contributed by atoms with van der Waals surface area (Å²) in [7, 11) is 1.93. The Morgan fingerprint density at radius 1 is 1.31 bits per heavy atom. The van der Waals surface area contributed by atoms with E-state index in [0.29, 0.717) is 0 Å². The lowest BCUT2D eigenvalue weighted by Gasteiger charge is -2.14. The van der Waals surface area contributed by atoms with Gasteiger partial charge in [-0.3, -0.25) is 9.69 Å². The van der Waals surface area contributed by atoms with Crippen LogP contribution in [-0.2, 0) is 4.79 Å². The summed E-state index contributed by atoms with van der Waals surface area (Å²) < 4.78 is 0. The zero-order valence-electron chi connectivity index (χ0n) is 9.63. The van der Waals surface area contributed by atoms with Crippen molar-refractivity contribution in [3.8, 4) is 0 Å². The summed E-state index contributed by atoms with van der Waals surface area (Å²) in [5.74, 6) is -0.185. The molecule has 1 aliphatic rings. The average Bonchev–Trinajstić information content (AvgIpc) is 2.58. The molecular formula is C10H24N2O. The van der Waals surface area contributed by atoms with E-state index in [4.69, 9.17) is 5.73 Å². The molecule has 1 fully saturated rings. The van der Waals surface area contributed by atoms with Gasteiger partial charge in [0.25, 0.3) is 0 Å². The molecule has 1 aliphatic heterocycles. The number of rotatable bonds is 1. The Bertz CT molecular complexity index is 126. The van der Waals surface area contributed by atoms with Crippen molar-refractivity contribution in [2.75, 3.05) is 13.6 Å². The van der Waals surface area contributed by atoms with Gasteiger partial charge in [0.05, 0.1) is 6.04 Å². The third-order valence-electron chi connectivity index (χ3n) is 1.85. The lowest BCUT2D eigenvalue weighted by Crippen LogP contribution is -2.37. The molecule has 0 aromatic heterocycles. The van der Waals surface area contributed by atoms with E-state index >= 15 is 0 Å². The van der Waals surface area contributed by atoms with Crippen molar-refractivity contribution in [3.63, 3.8) is 0 Å². The normalized spacial score (nSPS) is 20.8. The van der Waals surface area contributed by atoms with Crippen LogP contribution in [0.15, 0.2) is 0 Å². The summed E-state index contributed by atoms with van der Waals surface area (Å²) in [6.45, 7) is 9.01. The van der Waals surface area contributed by atoms with E-state index in [9.17, 15) is 4.79 Å². The van der Waals surface area contributed by atoms with Crippen molar-refractivity contribution in [2.45, 2.75) is 46.6 Å². The summed E-state index contributed by atoms with van der Waals surface area (Å²) in [6, 6.07) is 0.00463. The minimum atomic E-state index is -0.185. The Morgan fingerprint density at radius 3 is 1.92 bits per heavy atom. The predicted molar refractivity (Wildman–Crippen MR) is 57.5 cm³/mol. The Kier molecular flexibility index (Phi) is 10.9. The maximum Gasteiger partial charge on any atom is 0.234 e.